The van der Waals surface area contributed by atoms with E-state index in [-0.39, 0.29) is 19.8 Å². The first-order valence-corrected chi connectivity index (χ1v) is 8.66. The van der Waals surface area contributed by atoms with Crippen LogP contribution >= 0.6 is 0 Å². The Hall–Kier alpha value is -1.16. The van der Waals surface area contributed by atoms with E-state index in [0.717, 1.165) is 5.56 Å². The molecular weight excluding hydrogens is 260 g/mol. The van der Waals surface area contributed by atoms with Crippen LogP contribution in [-0.2, 0) is 13.3 Å². The number of hydrogen-bond donors (Lipinski definition) is 1. The van der Waals surface area contributed by atoms with Crippen LogP contribution < -0.4 is 0 Å². The van der Waals surface area contributed by atoms with Gasteiger partial charge in [0.05, 0.1) is 0 Å². The molecule has 0 saturated heterocycles. The molecule has 1 aromatic carbocycles. The summed E-state index contributed by atoms with van der Waals surface area (Å²) in [5, 5.41) is 0. The van der Waals surface area contributed by atoms with Gasteiger partial charge in [-0.1, -0.05) is 0 Å². The summed E-state index contributed by atoms with van der Waals surface area (Å²) < 4.78 is 16.2. The Morgan fingerprint density at radius 3 is 1.84 bits per heavy atom. The molecule has 0 radical (unpaired) electrons. The van der Waals surface area contributed by atoms with Crippen LogP contribution in [0.15, 0.2) is 30.3 Å². The zero-order valence-corrected chi connectivity index (χ0v) is 12.7. The Balaban J connectivity index is 3.13. The summed E-state index contributed by atoms with van der Waals surface area (Å²) in [7, 11) is -4.60. The molecule has 0 amide bonds. The minimum absolute atomic E-state index is 0.272. The fourth-order valence-corrected chi connectivity index (χ4v) is 4.04. The Morgan fingerprint density at radius 1 is 0.947 bits per heavy atom. The van der Waals surface area contributed by atoms with Gasteiger partial charge in [0.25, 0.3) is 0 Å². The van der Waals surface area contributed by atoms with Crippen LogP contribution in [0.1, 0.15) is 26.3 Å². The number of rotatable bonds is 6. The van der Waals surface area contributed by atoms with E-state index in [1.807, 2.05) is 30.3 Å². The molecule has 1 N–H and O–H groups in total. The summed E-state index contributed by atoms with van der Waals surface area (Å²) in [6.45, 7) is 6.12. The van der Waals surface area contributed by atoms with Gasteiger partial charge in [-0.15, -0.1) is 0 Å². The summed E-state index contributed by atoms with van der Waals surface area (Å²) in [6.07, 6.45) is 0. The van der Waals surface area contributed by atoms with Crippen LogP contribution in [0.4, 0.5) is 0 Å². The van der Waals surface area contributed by atoms with E-state index >= 15 is 0 Å². The molecule has 0 unspecified atom stereocenters. The van der Waals surface area contributed by atoms with Gasteiger partial charge in [0, 0.05) is 0 Å². The maximum atomic E-state index is 10.7. The predicted octanol–water partition coefficient (Wildman–Crippen LogP) is 2.07. The molecule has 0 bridgehead atoms. The van der Waals surface area contributed by atoms with E-state index < -0.39 is 8.33 Å². The van der Waals surface area contributed by atoms with Crippen molar-refractivity contribution in [1.82, 2.24) is 0 Å². The Morgan fingerprint density at radius 2 is 1.42 bits per heavy atom. The first-order chi connectivity index (χ1) is 9.06. The third kappa shape index (κ3) is 4.46. The van der Waals surface area contributed by atoms with Gasteiger partial charge < -0.3 is 0 Å². The number of hydrogen-bond acceptors (Lipinski definition) is 4. The van der Waals surface area contributed by atoms with Gasteiger partial charge in [0.2, 0.25) is 0 Å². The van der Waals surface area contributed by atoms with E-state index in [4.69, 9.17) is 13.3 Å². The molecule has 4 nitrogen and oxygen atoms in total. The fourth-order valence-electron chi connectivity index (χ4n) is 1.70. The van der Waals surface area contributed by atoms with Gasteiger partial charge in [0.15, 0.2) is 0 Å². The molecule has 0 aliphatic carbocycles. The Kier molecular flexibility index (Phi) is 5.73. The second-order valence-corrected chi connectivity index (χ2v) is 6.86. The molecule has 0 aliphatic heterocycles. The fraction of sp³-hybridized carbons (Fsp3) is 0.429. The molecule has 5 heteroatoms. The Labute approximate surface area is 115 Å². The summed E-state index contributed by atoms with van der Waals surface area (Å²) in [5.74, 6) is 2.87. The topological polar surface area (TPSA) is 47.9 Å². The average Bonchev–Trinajstić information content (AvgIpc) is 2.39. The third-order valence-corrected chi connectivity index (χ3v) is 5.32. The van der Waals surface area contributed by atoms with Crippen molar-refractivity contribution in [2.75, 3.05) is 19.8 Å². The van der Waals surface area contributed by atoms with Crippen molar-refractivity contribution in [2.24, 2.45) is 0 Å². The molecule has 0 fully saturated rings. The summed E-state index contributed by atoms with van der Waals surface area (Å²) in [6, 6.07) is 9.35. The molecule has 0 atom stereocenters. The predicted molar refractivity (Wildman–Crippen MR) is 76.2 cm³/mol. The normalized spacial score (nSPS) is 13.2. The van der Waals surface area contributed by atoms with Crippen molar-refractivity contribution in [3.05, 3.63) is 35.9 Å². The molecule has 0 aromatic heterocycles. The standard InChI is InChI=1S/C14H21O4Si/c1-4-16-19(15,17-5-2,18-6-3)13-12-14-10-8-7-9-11-14/h7-11,15H,4-6H2,1-3H3/q-1. The summed E-state index contributed by atoms with van der Waals surface area (Å²) in [5.41, 5.74) is 3.49. The monoisotopic (exact) mass is 281 g/mol. The maximum absolute atomic E-state index is 10.7. The van der Waals surface area contributed by atoms with E-state index in [1.54, 1.807) is 20.8 Å². The zero-order valence-electron chi connectivity index (χ0n) is 11.7. The summed E-state index contributed by atoms with van der Waals surface area (Å²) in [4.78, 5) is 10.7. The molecular formula is C14H21O4Si-. The van der Waals surface area contributed by atoms with Crippen LogP contribution in [0.2, 0.25) is 0 Å². The van der Waals surface area contributed by atoms with Gasteiger partial charge in [-0.05, 0) is 0 Å². The number of benzene rings is 1. The van der Waals surface area contributed by atoms with Crippen LogP contribution in [0.5, 0.6) is 0 Å². The van der Waals surface area contributed by atoms with Gasteiger partial charge in [-0.25, -0.2) is 0 Å². The average molecular weight is 281 g/mol. The van der Waals surface area contributed by atoms with Crippen molar-refractivity contribution >= 4 is 8.33 Å². The van der Waals surface area contributed by atoms with E-state index in [0.29, 0.717) is 0 Å². The van der Waals surface area contributed by atoms with Crippen LogP contribution in [-0.4, -0.2) is 32.9 Å². The van der Waals surface area contributed by atoms with E-state index in [9.17, 15) is 4.80 Å². The molecule has 0 aliphatic rings. The second-order valence-electron chi connectivity index (χ2n) is 3.86. The van der Waals surface area contributed by atoms with Crippen LogP contribution in [0.25, 0.3) is 0 Å². The molecule has 0 heterocycles. The van der Waals surface area contributed by atoms with E-state index in [1.165, 1.54) is 0 Å². The Bertz CT molecular complexity index is 430. The SMILES string of the molecule is CCO[Si-](O)(C#Cc1ccccc1)(OCC)OCC. The van der Waals surface area contributed by atoms with Crippen molar-refractivity contribution in [3.8, 4) is 11.5 Å². The van der Waals surface area contributed by atoms with Crippen LogP contribution in [0, 0.1) is 11.5 Å². The minimum atomic E-state index is -4.60. The van der Waals surface area contributed by atoms with Crippen molar-refractivity contribution < 1.29 is 18.1 Å². The van der Waals surface area contributed by atoms with Gasteiger partial charge in [0.1, 0.15) is 0 Å². The molecule has 0 saturated carbocycles. The van der Waals surface area contributed by atoms with E-state index in [2.05, 4.69) is 11.5 Å². The molecule has 1 aromatic rings. The van der Waals surface area contributed by atoms with Gasteiger partial charge >= 0.3 is 114 Å². The van der Waals surface area contributed by atoms with Crippen molar-refractivity contribution in [3.63, 3.8) is 0 Å². The van der Waals surface area contributed by atoms with Gasteiger partial charge in [-0.3, -0.25) is 0 Å². The van der Waals surface area contributed by atoms with Crippen molar-refractivity contribution in [2.45, 2.75) is 20.8 Å². The second kappa shape index (κ2) is 6.85. The molecule has 106 valence electrons. The van der Waals surface area contributed by atoms with Crippen LogP contribution in [0.3, 0.4) is 0 Å². The first-order valence-electron chi connectivity index (χ1n) is 6.48. The van der Waals surface area contributed by atoms with Crippen molar-refractivity contribution in [1.29, 1.82) is 0 Å². The summed E-state index contributed by atoms with van der Waals surface area (Å²) >= 11 is 0. The third-order valence-electron chi connectivity index (χ3n) is 2.39. The molecule has 0 spiro atoms. The zero-order chi connectivity index (χ0) is 14.2. The molecule has 1 rings (SSSR count). The molecule has 19 heavy (non-hydrogen) atoms. The van der Waals surface area contributed by atoms with Gasteiger partial charge in [-0.2, -0.15) is 0 Å². The quantitative estimate of drug-likeness (QED) is 0.640. The first kappa shape index (κ1) is 15.9.